The molecule has 0 fully saturated rings. The van der Waals surface area contributed by atoms with Crippen LogP contribution < -0.4 is 0 Å². The molecule has 0 aromatic rings. The first-order valence-corrected chi connectivity index (χ1v) is 7.47. The molecule has 1 atom stereocenters. The van der Waals surface area contributed by atoms with Crippen molar-refractivity contribution in [3.63, 3.8) is 0 Å². The molecule has 0 rings (SSSR count). The molecule has 0 amide bonds. The average Bonchev–Trinajstić information content (AvgIpc) is 2.35. The van der Waals surface area contributed by atoms with Crippen LogP contribution in [-0.4, -0.2) is 35.7 Å². The van der Waals surface area contributed by atoms with Gasteiger partial charge in [-0.15, -0.1) is 0 Å². The summed E-state index contributed by atoms with van der Waals surface area (Å²) in [5, 5.41) is 8.51. The molecule has 0 aromatic heterocycles. The highest BCUT2D eigenvalue weighted by atomic mass is 127. The maximum absolute atomic E-state index is 13.7. The second-order valence-corrected chi connectivity index (χ2v) is 6.15. The summed E-state index contributed by atoms with van der Waals surface area (Å²) in [4.78, 5) is 0. The van der Waals surface area contributed by atoms with Gasteiger partial charge in [-0.3, -0.25) is 0 Å². The lowest BCUT2D eigenvalue weighted by molar-refractivity contribution is -0.369. The highest BCUT2D eigenvalue weighted by Crippen LogP contribution is 2.54. The number of aliphatic hydroxyl groups is 1. The minimum Gasteiger partial charge on any atom is -0.396 e. The van der Waals surface area contributed by atoms with Crippen LogP contribution in [0.25, 0.3) is 0 Å². The Balaban J connectivity index is 5.32. The van der Waals surface area contributed by atoms with Crippen molar-refractivity contribution in [3.05, 3.63) is 9.66 Å². The van der Waals surface area contributed by atoms with E-state index in [0.29, 0.717) is 19.3 Å². The van der Waals surface area contributed by atoms with Gasteiger partial charge in [0.05, 0.1) is 0 Å². The third-order valence-electron chi connectivity index (χ3n) is 2.90. The minimum absolute atomic E-state index is 0.105. The van der Waals surface area contributed by atoms with E-state index in [1.165, 1.54) is 0 Å². The van der Waals surface area contributed by atoms with Crippen LogP contribution in [0.15, 0.2) is 9.66 Å². The summed E-state index contributed by atoms with van der Waals surface area (Å²) in [7, 11) is 0. The van der Waals surface area contributed by atoms with Gasteiger partial charge in [0.25, 0.3) is 5.67 Å². The van der Waals surface area contributed by atoms with Crippen LogP contribution in [0.1, 0.15) is 32.1 Å². The number of allylic oxidation sites excluding steroid dienone is 2. The van der Waals surface area contributed by atoms with Crippen molar-refractivity contribution < 1.29 is 44.6 Å². The minimum atomic E-state index is -6.69. The Hall–Kier alpha value is -0.200. The number of rotatable bonds is 8. The lowest BCUT2D eigenvalue weighted by Crippen LogP contribution is -2.61. The van der Waals surface area contributed by atoms with Gasteiger partial charge in [0.1, 0.15) is 0 Å². The summed E-state index contributed by atoms with van der Waals surface area (Å²) < 4.78 is 113. The van der Waals surface area contributed by atoms with Crippen molar-refractivity contribution in [1.29, 1.82) is 0 Å². The normalized spacial score (nSPS) is 17.3. The Morgan fingerprint density at radius 3 is 1.65 bits per heavy atom. The molecule has 0 aromatic carbocycles. The van der Waals surface area contributed by atoms with Gasteiger partial charge in [-0.25, -0.2) is 4.39 Å². The van der Waals surface area contributed by atoms with Crippen molar-refractivity contribution in [2.45, 2.75) is 56.0 Å². The molecule has 1 N–H and O–H groups in total. The van der Waals surface area contributed by atoms with E-state index >= 15 is 0 Å². The van der Waals surface area contributed by atoms with Gasteiger partial charge >= 0.3 is 18.3 Å². The fourth-order valence-corrected chi connectivity index (χ4v) is 2.41. The predicted octanol–water partition coefficient (Wildman–Crippen LogP) is 5.72. The van der Waals surface area contributed by atoms with E-state index in [0.717, 1.165) is 22.6 Å². The van der Waals surface area contributed by atoms with E-state index in [1.54, 1.807) is 0 Å². The molecule has 23 heavy (non-hydrogen) atoms. The van der Waals surface area contributed by atoms with Crippen molar-refractivity contribution >= 4 is 22.6 Å². The third kappa shape index (κ3) is 5.68. The van der Waals surface area contributed by atoms with Crippen LogP contribution >= 0.6 is 22.6 Å². The molecule has 0 spiro atoms. The van der Waals surface area contributed by atoms with Crippen molar-refractivity contribution in [1.82, 2.24) is 0 Å². The van der Waals surface area contributed by atoms with Gasteiger partial charge in [0.2, 0.25) is 0 Å². The molecular formula is C12H14F9IO. The molecular weight excluding hydrogens is 458 g/mol. The molecule has 0 bridgehead atoms. The fourth-order valence-electron chi connectivity index (χ4n) is 1.60. The van der Waals surface area contributed by atoms with E-state index in [-0.39, 0.29) is 19.4 Å². The van der Waals surface area contributed by atoms with Gasteiger partial charge in [-0.1, -0.05) is 12.8 Å². The number of alkyl halides is 9. The highest BCUT2D eigenvalue weighted by molar-refractivity contribution is 14.1. The Labute approximate surface area is 140 Å². The van der Waals surface area contributed by atoms with E-state index in [2.05, 4.69) is 0 Å². The first-order chi connectivity index (χ1) is 10.2. The quantitative estimate of drug-likeness (QED) is 0.273. The highest BCUT2D eigenvalue weighted by Gasteiger charge is 2.80. The van der Waals surface area contributed by atoms with Gasteiger partial charge in [-0.05, 0) is 51.5 Å². The topological polar surface area (TPSA) is 20.2 Å². The predicted molar refractivity (Wildman–Crippen MR) is 73.2 cm³/mol. The van der Waals surface area contributed by atoms with Crippen LogP contribution in [0.3, 0.4) is 0 Å². The lowest BCUT2D eigenvalue weighted by atomic mass is 9.94. The van der Waals surface area contributed by atoms with Gasteiger partial charge < -0.3 is 5.11 Å². The first-order valence-electron chi connectivity index (χ1n) is 6.39. The molecule has 0 radical (unpaired) electrons. The molecule has 138 valence electrons. The van der Waals surface area contributed by atoms with E-state index in [4.69, 9.17) is 5.11 Å². The molecule has 1 unspecified atom stereocenters. The van der Waals surface area contributed by atoms with Crippen molar-refractivity contribution in [2.75, 3.05) is 6.61 Å². The van der Waals surface area contributed by atoms with Crippen molar-refractivity contribution in [2.24, 2.45) is 0 Å². The first kappa shape index (κ1) is 22.8. The number of unbranched alkanes of at least 4 members (excludes halogenated alkanes) is 3. The fraction of sp³-hybridized carbons (Fsp3) is 0.833. The zero-order valence-corrected chi connectivity index (χ0v) is 13.7. The van der Waals surface area contributed by atoms with Crippen LogP contribution in [0, 0.1) is 0 Å². The summed E-state index contributed by atoms with van der Waals surface area (Å²) in [6.45, 7) is -0.105. The summed E-state index contributed by atoms with van der Waals surface area (Å²) in [5.41, 5.74) is -5.83. The SMILES string of the molecule is OCCCCCCC(I)=CC(F)(C(F)(F)F)C(F)(F)C(F)(F)F. The molecule has 0 heterocycles. The summed E-state index contributed by atoms with van der Waals surface area (Å²) >= 11 is 1.11. The van der Waals surface area contributed by atoms with Gasteiger partial charge in [0.15, 0.2) is 0 Å². The van der Waals surface area contributed by atoms with E-state index in [1.807, 2.05) is 0 Å². The monoisotopic (exact) mass is 472 g/mol. The zero-order valence-electron chi connectivity index (χ0n) is 11.5. The third-order valence-corrected chi connectivity index (χ3v) is 3.76. The Morgan fingerprint density at radius 2 is 1.26 bits per heavy atom. The maximum atomic E-state index is 13.7. The standard InChI is InChI=1S/C12H14F9IO/c13-9(11(16,17)18,10(14,15)12(19,20)21)7-8(22)5-3-1-2-4-6-23/h7,23H,1-6H2. The number of hydrogen-bond acceptors (Lipinski definition) is 1. The van der Waals surface area contributed by atoms with Gasteiger partial charge in [0, 0.05) is 6.61 Å². The second-order valence-electron chi connectivity index (χ2n) is 4.76. The molecule has 11 heteroatoms. The van der Waals surface area contributed by atoms with E-state index in [9.17, 15) is 39.5 Å². The molecule has 0 aliphatic rings. The Kier molecular flexibility index (Phi) is 8.18. The summed E-state index contributed by atoms with van der Waals surface area (Å²) in [6, 6.07) is 0. The molecule has 0 aliphatic carbocycles. The van der Waals surface area contributed by atoms with Crippen molar-refractivity contribution in [3.8, 4) is 0 Å². The van der Waals surface area contributed by atoms with Gasteiger partial charge in [-0.2, -0.15) is 35.1 Å². The maximum Gasteiger partial charge on any atom is 0.457 e. The second kappa shape index (κ2) is 8.26. The Morgan fingerprint density at radius 1 is 0.783 bits per heavy atom. The smallest absolute Gasteiger partial charge is 0.396 e. The van der Waals surface area contributed by atoms with E-state index < -0.39 is 33.6 Å². The number of halogens is 10. The zero-order chi connectivity index (χ0) is 18.5. The molecule has 0 saturated carbocycles. The number of hydrogen-bond donors (Lipinski definition) is 1. The summed E-state index contributed by atoms with van der Waals surface area (Å²) in [6.07, 6.45) is -12.6. The van der Waals surface area contributed by atoms with Crippen LogP contribution in [0.2, 0.25) is 0 Å². The average molecular weight is 472 g/mol. The Bertz CT molecular complexity index is 402. The molecule has 0 saturated heterocycles. The largest absolute Gasteiger partial charge is 0.457 e. The molecule has 0 aliphatic heterocycles. The lowest BCUT2D eigenvalue weighted by Gasteiger charge is -2.34. The summed E-state index contributed by atoms with van der Waals surface area (Å²) in [5.74, 6) is -6.61. The van der Waals surface area contributed by atoms with Crippen LogP contribution in [-0.2, 0) is 0 Å². The van der Waals surface area contributed by atoms with Crippen LogP contribution in [0.5, 0.6) is 0 Å². The number of aliphatic hydroxyl groups excluding tert-OH is 1. The van der Waals surface area contributed by atoms with Crippen LogP contribution in [0.4, 0.5) is 39.5 Å². The molecule has 1 nitrogen and oxygen atoms in total.